The highest BCUT2D eigenvalue weighted by atomic mass is 16.7. The Morgan fingerprint density at radius 2 is 1.65 bits per heavy atom. The number of hydroxylamine groups is 2. The number of amides is 2. The molecule has 0 atom stereocenters. The van der Waals surface area contributed by atoms with Crippen LogP contribution < -0.4 is 10.1 Å². The van der Waals surface area contributed by atoms with E-state index in [-0.39, 0.29) is 11.4 Å². The van der Waals surface area contributed by atoms with Crippen molar-refractivity contribution in [2.24, 2.45) is 0 Å². The number of benzene rings is 2. The van der Waals surface area contributed by atoms with Crippen molar-refractivity contribution in [3.63, 3.8) is 0 Å². The molecule has 0 fully saturated rings. The van der Waals surface area contributed by atoms with Crippen LogP contribution in [-0.2, 0) is 16.7 Å². The molecule has 0 saturated heterocycles. The van der Waals surface area contributed by atoms with Crippen LogP contribution in [0, 0.1) is 0 Å². The smallest absolute Gasteiger partial charge is 0.345 e. The van der Waals surface area contributed by atoms with Crippen LogP contribution in [0.5, 0.6) is 5.75 Å². The van der Waals surface area contributed by atoms with Crippen molar-refractivity contribution < 1.29 is 14.4 Å². The number of hydrogen-bond donors (Lipinski definition) is 1. The minimum Gasteiger partial charge on any atom is -0.493 e. The summed E-state index contributed by atoms with van der Waals surface area (Å²) >= 11 is 0. The number of ether oxygens (including phenoxy) is 1. The Morgan fingerprint density at radius 1 is 1.04 bits per heavy atom. The number of anilines is 1. The van der Waals surface area contributed by atoms with Crippen LogP contribution in [0.25, 0.3) is 0 Å². The Balaban J connectivity index is 1.82. The summed E-state index contributed by atoms with van der Waals surface area (Å²) < 4.78 is 5.79. The summed E-state index contributed by atoms with van der Waals surface area (Å²) in [5.41, 5.74) is 3.44. The molecule has 2 aromatic rings. The SMILES string of the molecule is CON(C)C(=O)Nc1ccc(OCCc2ccc(C(C)(C)C)cc2)cc1. The van der Waals surface area contributed by atoms with Crippen LogP contribution >= 0.6 is 0 Å². The van der Waals surface area contributed by atoms with Crippen molar-refractivity contribution in [3.05, 3.63) is 59.7 Å². The van der Waals surface area contributed by atoms with Crippen molar-refractivity contribution in [3.8, 4) is 5.75 Å². The summed E-state index contributed by atoms with van der Waals surface area (Å²) in [6, 6.07) is 15.6. The summed E-state index contributed by atoms with van der Waals surface area (Å²) in [5, 5.41) is 3.85. The van der Waals surface area contributed by atoms with Gasteiger partial charge >= 0.3 is 6.03 Å². The molecule has 0 aliphatic heterocycles. The van der Waals surface area contributed by atoms with Gasteiger partial charge in [0.1, 0.15) is 5.75 Å². The maximum atomic E-state index is 11.7. The molecule has 5 nitrogen and oxygen atoms in total. The number of nitrogens with zero attached hydrogens (tertiary/aromatic N) is 1. The fourth-order valence-corrected chi connectivity index (χ4v) is 2.38. The third kappa shape index (κ3) is 5.77. The first-order chi connectivity index (χ1) is 12.3. The normalized spacial score (nSPS) is 11.1. The minimum absolute atomic E-state index is 0.171. The van der Waals surface area contributed by atoms with Crippen LogP contribution in [-0.4, -0.2) is 31.9 Å². The largest absolute Gasteiger partial charge is 0.493 e. The van der Waals surface area contributed by atoms with Crippen LogP contribution in [0.15, 0.2) is 48.5 Å². The number of urea groups is 1. The van der Waals surface area contributed by atoms with Gasteiger partial charge in [-0.2, -0.15) is 0 Å². The molecule has 2 aromatic carbocycles. The van der Waals surface area contributed by atoms with Crippen LogP contribution in [0.1, 0.15) is 31.9 Å². The molecule has 1 N–H and O–H groups in total. The molecule has 0 spiro atoms. The second kappa shape index (κ2) is 8.72. The van der Waals surface area contributed by atoms with Gasteiger partial charge in [0, 0.05) is 19.2 Å². The zero-order chi connectivity index (χ0) is 19.2. The van der Waals surface area contributed by atoms with E-state index in [2.05, 4.69) is 50.4 Å². The molecule has 26 heavy (non-hydrogen) atoms. The first-order valence-corrected chi connectivity index (χ1v) is 8.70. The minimum atomic E-state index is -0.333. The average Bonchev–Trinajstić information content (AvgIpc) is 2.62. The third-order valence-electron chi connectivity index (χ3n) is 4.14. The van der Waals surface area contributed by atoms with Gasteiger partial charge in [-0.3, -0.25) is 4.84 Å². The number of hydrogen-bond acceptors (Lipinski definition) is 3. The van der Waals surface area contributed by atoms with Gasteiger partial charge in [-0.25, -0.2) is 9.86 Å². The van der Waals surface area contributed by atoms with Gasteiger partial charge in [0.15, 0.2) is 0 Å². The van der Waals surface area contributed by atoms with Crippen molar-refractivity contribution in [2.75, 3.05) is 26.1 Å². The van der Waals surface area contributed by atoms with Crippen molar-refractivity contribution >= 4 is 11.7 Å². The van der Waals surface area contributed by atoms with E-state index >= 15 is 0 Å². The quantitative estimate of drug-likeness (QED) is 0.768. The van der Waals surface area contributed by atoms with Crippen LogP contribution in [0.4, 0.5) is 10.5 Å². The summed E-state index contributed by atoms with van der Waals surface area (Å²) in [5.74, 6) is 0.773. The van der Waals surface area contributed by atoms with E-state index in [4.69, 9.17) is 9.57 Å². The highest BCUT2D eigenvalue weighted by molar-refractivity contribution is 5.88. The number of carbonyl (C=O) groups is 1. The Hall–Kier alpha value is -2.53. The molecule has 0 heterocycles. The second-order valence-corrected chi connectivity index (χ2v) is 7.18. The molecule has 0 saturated carbocycles. The summed E-state index contributed by atoms with van der Waals surface area (Å²) in [6.07, 6.45) is 0.849. The van der Waals surface area contributed by atoms with Crippen molar-refractivity contribution in [1.29, 1.82) is 0 Å². The second-order valence-electron chi connectivity index (χ2n) is 7.18. The Kier molecular flexibility index (Phi) is 6.64. The lowest BCUT2D eigenvalue weighted by atomic mass is 9.86. The summed E-state index contributed by atoms with van der Waals surface area (Å²) in [7, 11) is 2.98. The topological polar surface area (TPSA) is 50.8 Å². The van der Waals surface area contributed by atoms with Crippen LogP contribution in [0.3, 0.4) is 0 Å². The monoisotopic (exact) mass is 356 g/mol. The molecule has 0 bridgehead atoms. The predicted molar refractivity (Wildman–Crippen MR) is 105 cm³/mol. The standard InChI is InChI=1S/C21H28N2O3/c1-21(2,3)17-8-6-16(7-9-17)14-15-26-19-12-10-18(11-13-19)22-20(24)23(4)25-5/h6-13H,14-15H2,1-5H3,(H,22,24). The maximum absolute atomic E-state index is 11.7. The van der Waals surface area contributed by atoms with E-state index in [1.54, 1.807) is 19.2 Å². The van der Waals surface area contributed by atoms with E-state index in [1.807, 2.05) is 12.1 Å². The molecule has 0 aliphatic rings. The third-order valence-corrected chi connectivity index (χ3v) is 4.14. The summed E-state index contributed by atoms with van der Waals surface area (Å²) in [4.78, 5) is 16.5. The Morgan fingerprint density at radius 3 is 2.19 bits per heavy atom. The molecule has 0 aromatic heterocycles. The lowest BCUT2D eigenvalue weighted by molar-refractivity contribution is -0.0598. The van der Waals surface area contributed by atoms with E-state index in [1.165, 1.54) is 18.2 Å². The first-order valence-electron chi connectivity index (χ1n) is 8.70. The number of rotatable bonds is 6. The molecular weight excluding hydrogens is 328 g/mol. The molecular formula is C21H28N2O3. The zero-order valence-corrected chi connectivity index (χ0v) is 16.2. The molecule has 0 radical (unpaired) electrons. The summed E-state index contributed by atoms with van der Waals surface area (Å²) in [6.45, 7) is 7.24. The van der Waals surface area contributed by atoms with Gasteiger partial charge in [-0.15, -0.1) is 0 Å². The van der Waals surface area contributed by atoms with Gasteiger partial charge in [-0.05, 0) is 40.8 Å². The zero-order valence-electron chi connectivity index (χ0n) is 16.2. The van der Waals surface area contributed by atoms with Crippen LogP contribution in [0.2, 0.25) is 0 Å². The average molecular weight is 356 g/mol. The van der Waals surface area contributed by atoms with E-state index in [9.17, 15) is 4.79 Å². The van der Waals surface area contributed by atoms with Gasteiger partial charge in [-0.1, -0.05) is 45.0 Å². The lowest BCUT2D eigenvalue weighted by Gasteiger charge is -2.19. The van der Waals surface area contributed by atoms with E-state index < -0.39 is 0 Å². The van der Waals surface area contributed by atoms with Gasteiger partial charge in [0.05, 0.1) is 13.7 Å². The molecule has 0 aliphatic carbocycles. The van der Waals surface area contributed by atoms with Gasteiger partial charge in [0.2, 0.25) is 0 Å². The molecule has 5 heteroatoms. The predicted octanol–water partition coefficient (Wildman–Crippen LogP) is 4.63. The highest BCUT2D eigenvalue weighted by Crippen LogP contribution is 2.22. The number of carbonyl (C=O) groups excluding carboxylic acids is 1. The van der Waals surface area contributed by atoms with E-state index in [0.717, 1.165) is 17.2 Å². The fourth-order valence-electron chi connectivity index (χ4n) is 2.38. The first kappa shape index (κ1) is 19.8. The molecule has 140 valence electrons. The highest BCUT2D eigenvalue weighted by Gasteiger charge is 2.12. The van der Waals surface area contributed by atoms with E-state index in [0.29, 0.717) is 12.3 Å². The molecule has 2 amide bonds. The Labute approximate surface area is 155 Å². The van der Waals surface area contributed by atoms with Gasteiger partial charge in [0.25, 0.3) is 0 Å². The fraction of sp³-hybridized carbons (Fsp3) is 0.381. The van der Waals surface area contributed by atoms with Gasteiger partial charge < -0.3 is 10.1 Å². The number of nitrogens with one attached hydrogen (secondary N) is 1. The molecule has 0 unspecified atom stereocenters. The van der Waals surface area contributed by atoms with Crippen molar-refractivity contribution in [2.45, 2.75) is 32.6 Å². The Bertz CT molecular complexity index is 704. The molecule has 2 rings (SSSR count). The van der Waals surface area contributed by atoms with Crippen molar-refractivity contribution in [1.82, 2.24) is 5.06 Å². The maximum Gasteiger partial charge on any atom is 0.345 e. The lowest BCUT2D eigenvalue weighted by Crippen LogP contribution is -2.30.